The highest BCUT2D eigenvalue weighted by molar-refractivity contribution is 5.85. The van der Waals surface area contributed by atoms with Crippen LogP contribution in [0.2, 0.25) is 0 Å². The van der Waals surface area contributed by atoms with Crippen molar-refractivity contribution in [3.8, 4) is 0 Å². The topological polar surface area (TPSA) is 26.3 Å². The van der Waals surface area contributed by atoms with Crippen molar-refractivity contribution in [2.75, 3.05) is 6.61 Å². The molecule has 2 aromatic rings. The van der Waals surface area contributed by atoms with Crippen molar-refractivity contribution in [2.24, 2.45) is 0 Å². The highest BCUT2D eigenvalue weighted by Gasteiger charge is 2.22. The van der Waals surface area contributed by atoms with Gasteiger partial charge in [0.2, 0.25) is 0 Å². The quantitative estimate of drug-likeness (QED) is 0.840. The molecule has 2 nitrogen and oxygen atoms in total. The van der Waals surface area contributed by atoms with Crippen LogP contribution in [0, 0.1) is 0 Å². The van der Waals surface area contributed by atoms with Gasteiger partial charge in [-0.05, 0) is 42.0 Å². The number of rotatable bonds is 4. The monoisotopic (exact) mass is 268 g/mol. The van der Waals surface area contributed by atoms with Crippen LogP contribution in [0.3, 0.4) is 0 Å². The first-order valence-electron chi connectivity index (χ1n) is 7.45. The average molecular weight is 268 g/mol. The Bertz CT molecular complexity index is 598. The number of hydrogen-bond donors (Lipinski definition) is 0. The first-order chi connectivity index (χ1) is 9.84. The van der Waals surface area contributed by atoms with Gasteiger partial charge in [0.05, 0.1) is 6.61 Å². The van der Waals surface area contributed by atoms with E-state index in [0.29, 0.717) is 13.0 Å². The minimum Gasteiger partial charge on any atom is -0.370 e. The van der Waals surface area contributed by atoms with Gasteiger partial charge in [-0.1, -0.05) is 42.5 Å². The van der Waals surface area contributed by atoms with Crippen LogP contribution >= 0.6 is 0 Å². The van der Waals surface area contributed by atoms with Gasteiger partial charge in [-0.25, -0.2) is 0 Å². The molecule has 20 heavy (non-hydrogen) atoms. The first-order valence-corrected chi connectivity index (χ1v) is 7.45. The number of hydrogen-bond acceptors (Lipinski definition) is 2. The number of carbonyl (C=O) groups is 1. The van der Waals surface area contributed by atoms with Crippen LogP contribution in [-0.2, 0) is 16.0 Å². The molecule has 0 unspecified atom stereocenters. The zero-order valence-corrected chi connectivity index (χ0v) is 11.7. The lowest BCUT2D eigenvalue weighted by Gasteiger charge is -2.21. The van der Waals surface area contributed by atoms with Crippen molar-refractivity contribution >= 4 is 16.6 Å². The third-order valence-electron chi connectivity index (χ3n) is 4.07. The number of ketones is 1. The molecule has 0 N–H and O–H groups in total. The summed E-state index contributed by atoms with van der Waals surface area (Å²) < 4.78 is 5.80. The van der Waals surface area contributed by atoms with E-state index in [0.717, 1.165) is 25.7 Å². The first kappa shape index (κ1) is 13.3. The molecule has 0 amide bonds. The molecule has 0 aliphatic heterocycles. The fourth-order valence-electron chi connectivity index (χ4n) is 2.95. The van der Waals surface area contributed by atoms with E-state index in [1.165, 1.54) is 16.3 Å². The van der Waals surface area contributed by atoms with Crippen LogP contribution in [-0.4, -0.2) is 18.5 Å². The van der Waals surface area contributed by atoms with Gasteiger partial charge >= 0.3 is 0 Å². The number of carbonyl (C=O) groups excluding carboxylic acids is 1. The fraction of sp³-hybridized carbons (Fsp3) is 0.389. The maximum absolute atomic E-state index is 11.7. The summed E-state index contributed by atoms with van der Waals surface area (Å²) in [6.07, 6.45) is 4.45. The zero-order valence-electron chi connectivity index (χ0n) is 11.7. The molecule has 1 fully saturated rings. The molecule has 0 aromatic heterocycles. The minimum atomic E-state index is -0.154. The average Bonchev–Trinajstić information content (AvgIpc) is 2.49. The highest BCUT2D eigenvalue weighted by Crippen LogP contribution is 2.20. The third kappa shape index (κ3) is 2.91. The molecular weight excluding hydrogens is 248 g/mol. The van der Waals surface area contributed by atoms with Crippen molar-refractivity contribution in [3.05, 3.63) is 48.0 Å². The maximum Gasteiger partial charge on any atom is 0.161 e. The number of Topliss-reactive ketones (excluding diaryl/α,β-unsaturated/α-hetero) is 1. The largest absolute Gasteiger partial charge is 0.370 e. The highest BCUT2D eigenvalue weighted by atomic mass is 16.5. The van der Waals surface area contributed by atoms with Gasteiger partial charge in [0, 0.05) is 6.42 Å². The molecule has 1 aliphatic rings. The van der Waals surface area contributed by atoms with E-state index in [9.17, 15) is 4.79 Å². The molecule has 0 bridgehead atoms. The molecule has 0 radical (unpaired) electrons. The van der Waals surface area contributed by atoms with Gasteiger partial charge in [0.1, 0.15) is 6.10 Å². The van der Waals surface area contributed by atoms with Gasteiger partial charge in [-0.15, -0.1) is 0 Å². The van der Waals surface area contributed by atoms with Crippen LogP contribution in [0.25, 0.3) is 10.8 Å². The van der Waals surface area contributed by atoms with Gasteiger partial charge in [-0.2, -0.15) is 0 Å². The summed E-state index contributed by atoms with van der Waals surface area (Å²) in [6, 6.07) is 14.8. The molecule has 3 rings (SSSR count). The number of ether oxygens (including phenoxy) is 1. The predicted molar refractivity (Wildman–Crippen MR) is 80.9 cm³/mol. The van der Waals surface area contributed by atoms with Crippen LogP contribution in [0.15, 0.2) is 42.5 Å². The van der Waals surface area contributed by atoms with E-state index >= 15 is 0 Å². The Labute approximate surface area is 119 Å². The molecule has 0 heterocycles. The number of fused-ring (bicyclic) bond motifs is 1. The third-order valence-corrected chi connectivity index (χ3v) is 4.07. The van der Waals surface area contributed by atoms with Crippen LogP contribution in [0.5, 0.6) is 0 Å². The lowest BCUT2D eigenvalue weighted by Crippen LogP contribution is -2.28. The molecule has 1 atom stereocenters. The molecule has 0 spiro atoms. The Morgan fingerprint density at radius 1 is 1.05 bits per heavy atom. The van der Waals surface area contributed by atoms with Crippen molar-refractivity contribution in [3.63, 3.8) is 0 Å². The summed E-state index contributed by atoms with van der Waals surface area (Å²) in [5, 5.41) is 2.55. The van der Waals surface area contributed by atoms with E-state index < -0.39 is 0 Å². The van der Waals surface area contributed by atoms with Gasteiger partial charge in [0.25, 0.3) is 0 Å². The van der Waals surface area contributed by atoms with Gasteiger partial charge < -0.3 is 4.74 Å². The SMILES string of the molecule is O=C1CCCC[C@H]1OCCc1cccc2ccccc12. The Balaban J connectivity index is 1.64. The van der Waals surface area contributed by atoms with Crippen LogP contribution in [0.1, 0.15) is 31.2 Å². The van der Waals surface area contributed by atoms with Crippen LogP contribution in [0.4, 0.5) is 0 Å². The standard InChI is InChI=1S/C18H20O2/c19-17-10-3-4-11-18(17)20-13-12-15-8-5-7-14-6-1-2-9-16(14)15/h1-2,5-9,18H,3-4,10-13H2/t18-/m1/s1. The molecule has 0 saturated heterocycles. The summed E-state index contributed by atoms with van der Waals surface area (Å²) in [7, 11) is 0. The molecule has 104 valence electrons. The lowest BCUT2D eigenvalue weighted by atomic mass is 9.96. The summed E-state index contributed by atoms with van der Waals surface area (Å²) in [4.78, 5) is 11.7. The normalized spacial score (nSPS) is 19.4. The number of benzene rings is 2. The van der Waals surface area contributed by atoms with E-state index in [1.54, 1.807) is 0 Å². The molecule has 1 aliphatic carbocycles. The van der Waals surface area contributed by atoms with E-state index in [2.05, 4.69) is 42.5 Å². The minimum absolute atomic E-state index is 0.154. The summed E-state index contributed by atoms with van der Waals surface area (Å²) in [5.74, 6) is 0.286. The van der Waals surface area contributed by atoms with Gasteiger partial charge in [0.15, 0.2) is 5.78 Å². The fourth-order valence-corrected chi connectivity index (χ4v) is 2.95. The molecule has 2 heteroatoms. The van der Waals surface area contributed by atoms with E-state index in [1.807, 2.05) is 0 Å². The second kappa shape index (κ2) is 6.19. The lowest BCUT2D eigenvalue weighted by molar-refractivity contribution is -0.133. The smallest absolute Gasteiger partial charge is 0.161 e. The summed E-state index contributed by atoms with van der Waals surface area (Å²) in [5.41, 5.74) is 1.30. The predicted octanol–water partition coefficient (Wildman–Crippen LogP) is 3.91. The Hall–Kier alpha value is -1.67. The van der Waals surface area contributed by atoms with E-state index in [4.69, 9.17) is 4.74 Å². The van der Waals surface area contributed by atoms with E-state index in [-0.39, 0.29) is 11.9 Å². The molecule has 1 saturated carbocycles. The second-order valence-corrected chi connectivity index (χ2v) is 5.46. The van der Waals surface area contributed by atoms with Gasteiger partial charge in [-0.3, -0.25) is 4.79 Å². The van der Waals surface area contributed by atoms with Crippen LogP contribution < -0.4 is 0 Å². The summed E-state index contributed by atoms with van der Waals surface area (Å²) >= 11 is 0. The second-order valence-electron chi connectivity index (χ2n) is 5.46. The van der Waals surface area contributed by atoms with Crippen molar-refractivity contribution < 1.29 is 9.53 Å². The Kier molecular flexibility index (Phi) is 4.12. The summed E-state index contributed by atoms with van der Waals surface area (Å²) in [6.45, 7) is 0.629. The van der Waals surface area contributed by atoms with Crippen molar-refractivity contribution in [1.29, 1.82) is 0 Å². The van der Waals surface area contributed by atoms with Crippen molar-refractivity contribution in [1.82, 2.24) is 0 Å². The molecular formula is C18H20O2. The molecule has 2 aromatic carbocycles. The van der Waals surface area contributed by atoms with Crippen molar-refractivity contribution in [2.45, 2.75) is 38.2 Å². The zero-order chi connectivity index (χ0) is 13.8. The maximum atomic E-state index is 11.7. The Morgan fingerprint density at radius 3 is 2.80 bits per heavy atom. The Morgan fingerprint density at radius 2 is 1.90 bits per heavy atom.